The number of rotatable bonds is 0. The molecule has 21 heavy (non-hydrogen) atoms. The van der Waals surface area contributed by atoms with Gasteiger partial charge in [0.2, 0.25) is 0 Å². The standard InChI is InChI=1S/2C9H17N.H4Si/c2*1-2-4-9-7-10-6-5-8(9)3-1;/h2*8-10H,1-7H2;1H4. The van der Waals surface area contributed by atoms with Crippen molar-refractivity contribution < 1.29 is 0 Å². The monoisotopic (exact) mass is 310 g/mol. The van der Waals surface area contributed by atoms with Crippen LogP contribution in [-0.2, 0) is 0 Å². The van der Waals surface area contributed by atoms with Gasteiger partial charge in [-0.25, -0.2) is 0 Å². The van der Waals surface area contributed by atoms with Gasteiger partial charge in [0.15, 0.2) is 0 Å². The fraction of sp³-hybridized carbons (Fsp3) is 1.00. The van der Waals surface area contributed by atoms with Crippen LogP contribution in [0.2, 0.25) is 0 Å². The van der Waals surface area contributed by atoms with E-state index in [4.69, 9.17) is 0 Å². The van der Waals surface area contributed by atoms with Crippen molar-refractivity contribution in [2.45, 2.75) is 64.2 Å². The maximum Gasteiger partial charge on any atom is -0.00179 e. The average molecular weight is 311 g/mol. The van der Waals surface area contributed by atoms with Crippen molar-refractivity contribution in [1.82, 2.24) is 10.6 Å². The van der Waals surface area contributed by atoms with Crippen LogP contribution in [-0.4, -0.2) is 37.1 Å². The van der Waals surface area contributed by atoms with Crippen LogP contribution in [0.1, 0.15) is 64.2 Å². The summed E-state index contributed by atoms with van der Waals surface area (Å²) < 4.78 is 0. The largest absolute Gasteiger partial charge is 0.316 e. The quantitative estimate of drug-likeness (QED) is 0.670. The summed E-state index contributed by atoms with van der Waals surface area (Å²) in [6.45, 7) is 5.18. The van der Waals surface area contributed by atoms with Crippen LogP contribution < -0.4 is 10.6 Å². The summed E-state index contributed by atoms with van der Waals surface area (Å²) in [4.78, 5) is 0. The van der Waals surface area contributed by atoms with Crippen LogP contribution in [0.15, 0.2) is 0 Å². The molecule has 0 radical (unpaired) electrons. The predicted molar refractivity (Wildman–Crippen MR) is 97.2 cm³/mol. The van der Waals surface area contributed by atoms with Crippen LogP contribution in [0.25, 0.3) is 0 Å². The van der Waals surface area contributed by atoms with E-state index in [0.29, 0.717) is 0 Å². The zero-order valence-electron chi connectivity index (χ0n) is 13.2. The Labute approximate surface area is 136 Å². The molecule has 4 fully saturated rings. The van der Waals surface area contributed by atoms with Gasteiger partial charge < -0.3 is 10.6 Å². The SMILES string of the molecule is C1CCC2CNCCC2C1.C1CCC2CNCCC2C1.[SiH4]. The Morgan fingerprint density at radius 3 is 1.24 bits per heavy atom. The van der Waals surface area contributed by atoms with Crippen molar-refractivity contribution in [1.29, 1.82) is 0 Å². The highest BCUT2D eigenvalue weighted by molar-refractivity contribution is 5.75. The second kappa shape index (κ2) is 9.31. The number of piperidine rings is 2. The highest BCUT2D eigenvalue weighted by Gasteiger charge is 2.27. The van der Waals surface area contributed by atoms with Gasteiger partial charge in [-0.2, -0.15) is 0 Å². The molecule has 4 rings (SSSR count). The second-order valence-electron chi connectivity index (χ2n) is 7.59. The molecule has 2 aliphatic carbocycles. The molecule has 2 nitrogen and oxygen atoms in total. The van der Waals surface area contributed by atoms with Crippen molar-refractivity contribution in [3.05, 3.63) is 0 Å². The smallest absolute Gasteiger partial charge is 0.00179 e. The zero-order valence-corrected chi connectivity index (χ0v) is 13.2. The molecule has 2 saturated heterocycles. The number of hydrogen-bond acceptors (Lipinski definition) is 2. The maximum absolute atomic E-state index is 3.48. The number of hydrogen-bond donors (Lipinski definition) is 2. The first-order valence-electron chi connectivity index (χ1n) is 9.35. The summed E-state index contributed by atoms with van der Waals surface area (Å²) in [6, 6.07) is 0. The predicted octanol–water partition coefficient (Wildman–Crippen LogP) is 2.12. The van der Waals surface area contributed by atoms with Gasteiger partial charge in [0.05, 0.1) is 0 Å². The Balaban J connectivity index is 0.000000147. The van der Waals surface area contributed by atoms with Gasteiger partial charge in [-0.05, 0) is 86.5 Å². The third-order valence-corrected chi connectivity index (χ3v) is 6.33. The molecule has 2 saturated carbocycles. The summed E-state index contributed by atoms with van der Waals surface area (Å²) in [7, 11) is 0. The lowest BCUT2D eigenvalue weighted by Gasteiger charge is -2.35. The van der Waals surface area contributed by atoms with E-state index in [0.717, 1.165) is 23.7 Å². The molecule has 0 aromatic rings. The van der Waals surface area contributed by atoms with Gasteiger partial charge in [0.25, 0.3) is 0 Å². The van der Waals surface area contributed by atoms with E-state index in [1.54, 1.807) is 0 Å². The van der Waals surface area contributed by atoms with Gasteiger partial charge in [0.1, 0.15) is 0 Å². The van der Waals surface area contributed by atoms with Crippen molar-refractivity contribution in [2.75, 3.05) is 26.2 Å². The van der Waals surface area contributed by atoms with E-state index in [1.807, 2.05) is 0 Å². The lowest BCUT2D eigenvalue weighted by Crippen LogP contribution is -2.38. The highest BCUT2D eigenvalue weighted by Crippen LogP contribution is 2.34. The van der Waals surface area contributed by atoms with Crippen molar-refractivity contribution >= 4 is 11.0 Å². The van der Waals surface area contributed by atoms with Crippen LogP contribution in [0.5, 0.6) is 0 Å². The summed E-state index contributed by atoms with van der Waals surface area (Å²) in [5.74, 6) is 4.27. The highest BCUT2D eigenvalue weighted by atomic mass is 28.1. The average Bonchev–Trinajstić information content (AvgIpc) is 2.56. The molecule has 0 bridgehead atoms. The molecular formula is C18H38N2Si. The maximum atomic E-state index is 3.48. The van der Waals surface area contributed by atoms with E-state index < -0.39 is 0 Å². The minimum Gasteiger partial charge on any atom is -0.316 e. The molecule has 4 atom stereocenters. The van der Waals surface area contributed by atoms with Crippen LogP contribution in [0, 0.1) is 23.7 Å². The van der Waals surface area contributed by atoms with E-state index in [1.165, 1.54) is 90.4 Å². The first-order chi connectivity index (χ1) is 9.93. The van der Waals surface area contributed by atoms with Crippen LogP contribution in [0.4, 0.5) is 0 Å². The third-order valence-electron chi connectivity index (χ3n) is 6.33. The fourth-order valence-corrected chi connectivity index (χ4v) is 5.02. The lowest BCUT2D eigenvalue weighted by atomic mass is 9.76. The molecule has 3 heteroatoms. The molecule has 2 heterocycles. The summed E-state index contributed by atoms with van der Waals surface area (Å²) in [6.07, 6.45) is 14.9. The molecule has 124 valence electrons. The van der Waals surface area contributed by atoms with E-state index >= 15 is 0 Å². The summed E-state index contributed by atoms with van der Waals surface area (Å²) >= 11 is 0. The fourth-order valence-electron chi connectivity index (χ4n) is 5.02. The third kappa shape index (κ3) is 5.07. The summed E-state index contributed by atoms with van der Waals surface area (Å²) in [5.41, 5.74) is 0. The van der Waals surface area contributed by atoms with E-state index in [9.17, 15) is 0 Å². The van der Waals surface area contributed by atoms with Gasteiger partial charge in [-0.1, -0.05) is 38.5 Å². The molecular weight excluding hydrogens is 272 g/mol. The first-order valence-corrected chi connectivity index (χ1v) is 9.35. The normalized spacial score (nSPS) is 38.9. The summed E-state index contributed by atoms with van der Waals surface area (Å²) in [5, 5.41) is 6.97. The van der Waals surface area contributed by atoms with Gasteiger partial charge in [-0.3, -0.25) is 0 Å². The van der Waals surface area contributed by atoms with Crippen molar-refractivity contribution in [2.24, 2.45) is 23.7 Å². The van der Waals surface area contributed by atoms with E-state index in [2.05, 4.69) is 10.6 Å². The Hall–Kier alpha value is 0.137. The Morgan fingerprint density at radius 1 is 0.476 bits per heavy atom. The Kier molecular flexibility index (Phi) is 7.76. The van der Waals surface area contributed by atoms with Gasteiger partial charge >= 0.3 is 0 Å². The van der Waals surface area contributed by atoms with Crippen molar-refractivity contribution in [3.8, 4) is 0 Å². The zero-order chi connectivity index (χ0) is 13.6. The lowest BCUT2D eigenvalue weighted by molar-refractivity contribution is 0.185. The van der Waals surface area contributed by atoms with Gasteiger partial charge in [-0.15, -0.1) is 0 Å². The molecule has 2 N–H and O–H groups in total. The first kappa shape index (κ1) is 17.5. The molecule has 4 unspecified atom stereocenters. The minimum absolute atomic E-state index is 0. The molecule has 4 aliphatic rings. The molecule has 0 amide bonds. The molecule has 0 aromatic heterocycles. The molecule has 0 spiro atoms. The number of nitrogens with one attached hydrogen (secondary N) is 2. The Bertz CT molecular complexity index is 204. The molecule has 0 aromatic carbocycles. The Morgan fingerprint density at radius 2 is 0.857 bits per heavy atom. The topological polar surface area (TPSA) is 24.1 Å². The van der Waals surface area contributed by atoms with Gasteiger partial charge in [0, 0.05) is 0 Å². The van der Waals surface area contributed by atoms with Crippen LogP contribution in [0.3, 0.4) is 0 Å². The second-order valence-corrected chi connectivity index (χ2v) is 7.59. The minimum atomic E-state index is 0. The van der Waals surface area contributed by atoms with E-state index in [-0.39, 0.29) is 11.0 Å². The van der Waals surface area contributed by atoms with Crippen LogP contribution >= 0.6 is 0 Å². The van der Waals surface area contributed by atoms with Crippen molar-refractivity contribution in [3.63, 3.8) is 0 Å². The molecule has 2 aliphatic heterocycles. The number of fused-ring (bicyclic) bond motifs is 2.